The first-order valence-corrected chi connectivity index (χ1v) is 4.87. The van der Waals surface area contributed by atoms with E-state index in [4.69, 9.17) is 10.5 Å². The SMILES string of the molecule is COc1cncc(-c2ncnc(N)c2[N+](=O)[O-])c1. The minimum absolute atomic E-state index is 0.110. The third-order valence-electron chi connectivity index (χ3n) is 2.26. The first-order valence-electron chi connectivity index (χ1n) is 4.87. The van der Waals surface area contributed by atoms with Crippen LogP contribution in [0.5, 0.6) is 5.75 Å². The quantitative estimate of drug-likeness (QED) is 0.635. The number of nitrogens with two attached hydrogens (primary N) is 1. The Hall–Kier alpha value is -2.77. The maximum atomic E-state index is 11.0. The Morgan fingerprint density at radius 3 is 2.83 bits per heavy atom. The maximum absolute atomic E-state index is 11.0. The summed E-state index contributed by atoms with van der Waals surface area (Å²) in [5, 5.41) is 11.0. The van der Waals surface area contributed by atoms with E-state index < -0.39 is 4.92 Å². The molecule has 2 rings (SSSR count). The molecule has 8 nitrogen and oxygen atoms in total. The first-order chi connectivity index (χ1) is 8.63. The Balaban J connectivity index is 2.63. The van der Waals surface area contributed by atoms with Crippen LogP contribution in [-0.2, 0) is 0 Å². The van der Waals surface area contributed by atoms with E-state index in [-0.39, 0.29) is 17.2 Å². The monoisotopic (exact) mass is 247 g/mol. The van der Waals surface area contributed by atoms with Crippen molar-refractivity contribution in [3.05, 3.63) is 34.9 Å². The van der Waals surface area contributed by atoms with Gasteiger partial charge in [0.25, 0.3) is 0 Å². The molecule has 0 aliphatic heterocycles. The van der Waals surface area contributed by atoms with Gasteiger partial charge in [0, 0.05) is 11.8 Å². The number of nitrogen functional groups attached to an aromatic ring is 1. The summed E-state index contributed by atoms with van der Waals surface area (Å²) in [4.78, 5) is 21.7. The highest BCUT2D eigenvalue weighted by Gasteiger charge is 2.22. The van der Waals surface area contributed by atoms with Crippen LogP contribution < -0.4 is 10.5 Å². The molecular formula is C10H9N5O3. The molecule has 0 saturated carbocycles. The van der Waals surface area contributed by atoms with Gasteiger partial charge in [0.2, 0.25) is 5.82 Å². The molecule has 0 fully saturated rings. The molecule has 8 heteroatoms. The van der Waals surface area contributed by atoms with Gasteiger partial charge in [-0.2, -0.15) is 0 Å². The summed E-state index contributed by atoms with van der Waals surface area (Å²) in [5.41, 5.74) is 5.70. The number of hydrogen-bond acceptors (Lipinski definition) is 7. The summed E-state index contributed by atoms with van der Waals surface area (Å²) < 4.78 is 5.00. The van der Waals surface area contributed by atoms with E-state index >= 15 is 0 Å². The number of anilines is 1. The lowest BCUT2D eigenvalue weighted by molar-refractivity contribution is -0.383. The molecular weight excluding hydrogens is 238 g/mol. The predicted octanol–water partition coefficient (Wildman–Crippen LogP) is 1.04. The van der Waals surface area contributed by atoms with Crippen molar-refractivity contribution in [3.63, 3.8) is 0 Å². The van der Waals surface area contributed by atoms with Crippen molar-refractivity contribution >= 4 is 11.5 Å². The van der Waals surface area contributed by atoms with Crippen LogP contribution in [0.1, 0.15) is 0 Å². The number of hydrogen-bond donors (Lipinski definition) is 1. The Bertz CT molecular complexity index is 602. The van der Waals surface area contributed by atoms with Crippen LogP contribution in [0, 0.1) is 10.1 Å². The second-order valence-corrected chi connectivity index (χ2v) is 3.33. The van der Waals surface area contributed by atoms with Gasteiger partial charge in [0.1, 0.15) is 12.1 Å². The number of methoxy groups -OCH3 is 1. The van der Waals surface area contributed by atoms with Gasteiger partial charge < -0.3 is 10.5 Å². The van der Waals surface area contributed by atoms with Crippen LogP contribution in [0.25, 0.3) is 11.3 Å². The molecule has 92 valence electrons. The molecule has 18 heavy (non-hydrogen) atoms. The fourth-order valence-electron chi connectivity index (χ4n) is 1.44. The van der Waals surface area contributed by atoms with E-state index in [0.717, 1.165) is 6.33 Å². The van der Waals surface area contributed by atoms with Gasteiger partial charge in [0.05, 0.1) is 18.2 Å². The third kappa shape index (κ3) is 2.03. The Morgan fingerprint density at radius 2 is 2.17 bits per heavy atom. The average Bonchev–Trinajstić information content (AvgIpc) is 2.38. The second kappa shape index (κ2) is 4.62. The number of pyridine rings is 1. The highest BCUT2D eigenvalue weighted by molar-refractivity contribution is 5.75. The van der Waals surface area contributed by atoms with Crippen LogP contribution in [0.2, 0.25) is 0 Å². The summed E-state index contributed by atoms with van der Waals surface area (Å²) in [6.07, 6.45) is 4.09. The normalized spacial score (nSPS) is 10.1. The Labute approximate surface area is 102 Å². The zero-order valence-corrected chi connectivity index (χ0v) is 9.40. The minimum atomic E-state index is -0.621. The van der Waals surface area contributed by atoms with E-state index in [9.17, 15) is 10.1 Å². The maximum Gasteiger partial charge on any atom is 0.337 e. The molecule has 0 aliphatic rings. The molecule has 0 aliphatic carbocycles. The molecule has 0 unspecified atom stereocenters. The number of nitro groups is 1. The van der Waals surface area contributed by atoms with Crippen LogP contribution in [0.4, 0.5) is 11.5 Å². The van der Waals surface area contributed by atoms with E-state index in [2.05, 4.69) is 15.0 Å². The lowest BCUT2D eigenvalue weighted by Gasteiger charge is -2.04. The fourth-order valence-corrected chi connectivity index (χ4v) is 1.44. The van der Waals surface area contributed by atoms with E-state index in [1.54, 1.807) is 6.07 Å². The van der Waals surface area contributed by atoms with Crippen LogP contribution >= 0.6 is 0 Å². The van der Waals surface area contributed by atoms with E-state index in [1.807, 2.05) is 0 Å². The van der Waals surface area contributed by atoms with Crippen molar-refractivity contribution in [3.8, 4) is 17.0 Å². The molecule has 0 saturated heterocycles. The predicted molar refractivity (Wildman–Crippen MR) is 62.9 cm³/mol. The van der Waals surface area contributed by atoms with Gasteiger partial charge in [-0.3, -0.25) is 15.1 Å². The molecule has 0 bridgehead atoms. The zero-order valence-electron chi connectivity index (χ0n) is 9.40. The largest absolute Gasteiger partial charge is 0.495 e. The summed E-state index contributed by atoms with van der Waals surface area (Å²) in [6.45, 7) is 0. The molecule has 2 aromatic rings. The number of nitrogens with zero attached hydrogens (tertiary/aromatic N) is 4. The molecule has 0 radical (unpaired) electrons. The first kappa shape index (κ1) is 11.7. The molecule has 0 aromatic carbocycles. The van der Waals surface area contributed by atoms with Crippen molar-refractivity contribution in [1.29, 1.82) is 0 Å². The number of rotatable bonds is 3. The number of ether oxygens (including phenoxy) is 1. The molecule has 2 N–H and O–H groups in total. The second-order valence-electron chi connectivity index (χ2n) is 3.33. The molecule has 2 aromatic heterocycles. The third-order valence-corrected chi connectivity index (χ3v) is 2.26. The summed E-state index contributed by atoms with van der Waals surface area (Å²) in [6, 6.07) is 1.59. The van der Waals surface area contributed by atoms with Gasteiger partial charge in [-0.15, -0.1) is 0 Å². The van der Waals surface area contributed by atoms with Crippen molar-refractivity contribution in [2.24, 2.45) is 0 Å². The van der Waals surface area contributed by atoms with Crippen molar-refractivity contribution < 1.29 is 9.66 Å². The Morgan fingerprint density at radius 1 is 1.39 bits per heavy atom. The van der Waals surface area contributed by atoms with E-state index in [1.165, 1.54) is 19.5 Å². The summed E-state index contributed by atoms with van der Waals surface area (Å²) >= 11 is 0. The smallest absolute Gasteiger partial charge is 0.337 e. The standard InChI is InChI=1S/C10H9N5O3/c1-18-7-2-6(3-12-4-7)8-9(15(16)17)10(11)14-5-13-8/h2-5H,1H3,(H2,11,13,14). The van der Waals surface area contributed by atoms with E-state index in [0.29, 0.717) is 11.3 Å². The van der Waals surface area contributed by atoms with Crippen molar-refractivity contribution in [1.82, 2.24) is 15.0 Å². The average molecular weight is 247 g/mol. The lowest BCUT2D eigenvalue weighted by Crippen LogP contribution is -2.02. The van der Waals surface area contributed by atoms with Crippen LogP contribution in [-0.4, -0.2) is 27.0 Å². The van der Waals surface area contributed by atoms with Gasteiger partial charge in [-0.1, -0.05) is 0 Å². The molecule has 0 atom stereocenters. The molecule has 2 heterocycles. The van der Waals surface area contributed by atoms with Gasteiger partial charge >= 0.3 is 5.69 Å². The van der Waals surface area contributed by atoms with Gasteiger partial charge in [0.15, 0.2) is 5.69 Å². The van der Waals surface area contributed by atoms with Crippen LogP contribution in [0.3, 0.4) is 0 Å². The zero-order chi connectivity index (χ0) is 13.1. The lowest BCUT2D eigenvalue weighted by atomic mass is 10.1. The highest BCUT2D eigenvalue weighted by Crippen LogP contribution is 2.31. The van der Waals surface area contributed by atoms with Gasteiger partial charge in [-0.05, 0) is 6.07 Å². The van der Waals surface area contributed by atoms with Crippen LogP contribution in [0.15, 0.2) is 24.8 Å². The summed E-state index contributed by atoms with van der Waals surface area (Å²) in [7, 11) is 1.48. The number of aromatic nitrogens is 3. The highest BCUT2D eigenvalue weighted by atomic mass is 16.6. The molecule has 0 spiro atoms. The van der Waals surface area contributed by atoms with Gasteiger partial charge in [-0.25, -0.2) is 9.97 Å². The fraction of sp³-hybridized carbons (Fsp3) is 0.100. The topological polar surface area (TPSA) is 117 Å². The summed E-state index contributed by atoms with van der Waals surface area (Å²) in [5.74, 6) is 0.284. The Kier molecular flexibility index (Phi) is 3.00. The van der Waals surface area contributed by atoms with Crippen molar-refractivity contribution in [2.45, 2.75) is 0 Å². The van der Waals surface area contributed by atoms with Crippen molar-refractivity contribution in [2.75, 3.05) is 12.8 Å². The molecule has 0 amide bonds. The minimum Gasteiger partial charge on any atom is -0.495 e.